The number of halogens is 2. The minimum Gasteiger partial charge on any atom is -0.339 e. The molecule has 1 aromatic rings. The second-order valence-corrected chi connectivity index (χ2v) is 8.24. The highest BCUT2D eigenvalue weighted by Gasteiger charge is 2.42. The zero-order chi connectivity index (χ0) is 18.3. The highest BCUT2D eigenvalue weighted by atomic mass is 35.5. The topological polar surface area (TPSA) is 43.9 Å². The molecule has 0 saturated carbocycles. The number of carbonyl (C=O) groups excluding carboxylic acids is 2. The molecule has 2 amide bonds. The lowest BCUT2D eigenvalue weighted by Gasteiger charge is -2.44. The first kappa shape index (κ1) is 18.1. The number of piperidine rings is 1. The highest BCUT2D eigenvalue weighted by Crippen LogP contribution is 2.34. The fraction of sp³-hybridized carbons (Fsp3) is 0.579. The number of rotatable bonds is 2. The third-order valence-corrected chi connectivity index (χ3v) is 6.41. The second kappa shape index (κ2) is 7.37. The van der Waals surface area contributed by atoms with Crippen LogP contribution in [0.4, 0.5) is 5.69 Å². The molecule has 3 saturated heterocycles. The van der Waals surface area contributed by atoms with Gasteiger partial charge in [-0.05, 0) is 44.0 Å². The molecule has 3 heterocycles. The molecule has 0 bridgehead atoms. The quantitative estimate of drug-likeness (QED) is 0.722. The number of nitrogens with zero attached hydrogens (tertiary/aromatic N) is 3. The van der Waals surface area contributed by atoms with Crippen LogP contribution in [0.2, 0.25) is 10.0 Å². The Balaban J connectivity index is 1.46. The van der Waals surface area contributed by atoms with Gasteiger partial charge in [0.25, 0.3) is 0 Å². The number of fused-ring (bicyclic) bond motifs is 1. The van der Waals surface area contributed by atoms with Crippen molar-refractivity contribution in [1.29, 1.82) is 0 Å². The molecular formula is C19H23Cl2N3O2. The predicted molar refractivity (Wildman–Crippen MR) is 103 cm³/mol. The smallest absolute Gasteiger partial charge is 0.239 e. The van der Waals surface area contributed by atoms with Crippen molar-refractivity contribution in [2.45, 2.75) is 31.7 Å². The van der Waals surface area contributed by atoms with Crippen LogP contribution in [-0.4, -0.2) is 60.4 Å². The van der Waals surface area contributed by atoms with Crippen LogP contribution in [0, 0.1) is 5.92 Å². The van der Waals surface area contributed by atoms with Crippen LogP contribution in [-0.2, 0) is 9.59 Å². The minimum absolute atomic E-state index is 0.0270. The Labute approximate surface area is 163 Å². The molecule has 3 aliphatic rings. The molecule has 140 valence electrons. The van der Waals surface area contributed by atoms with Crippen molar-refractivity contribution in [2.75, 3.05) is 37.6 Å². The van der Waals surface area contributed by atoms with Gasteiger partial charge in [-0.2, -0.15) is 0 Å². The normalized spacial score (nSPS) is 26.9. The molecule has 1 aromatic carbocycles. The van der Waals surface area contributed by atoms with Gasteiger partial charge < -0.3 is 9.80 Å². The van der Waals surface area contributed by atoms with Gasteiger partial charge in [-0.25, -0.2) is 0 Å². The number of anilines is 1. The molecule has 3 aliphatic heterocycles. The summed E-state index contributed by atoms with van der Waals surface area (Å²) in [6, 6.07) is 5.52. The van der Waals surface area contributed by atoms with Crippen molar-refractivity contribution in [1.82, 2.24) is 9.80 Å². The maximum atomic E-state index is 13.0. The Bertz CT molecular complexity index is 727. The van der Waals surface area contributed by atoms with Crippen molar-refractivity contribution in [3.63, 3.8) is 0 Å². The summed E-state index contributed by atoms with van der Waals surface area (Å²) in [5, 5.41) is 1.01. The maximum Gasteiger partial charge on any atom is 0.239 e. The minimum atomic E-state index is -0.597. The predicted octanol–water partition coefficient (Wildman–Crippen LogP) is 3.04. The third kappa shape index (κ3) is 3.32. The fourth-order valence-electron chi connectivity index (χ4n) is 4.42. The molecule has 0 aromatic heterocycles. The monoisotopic (exact) mass is 395 g/mol. The molecule has 0 radical (unpaired) electrons. The van der Waals surface area contributed by atoms with E-state index in [4.69, 9.17) is 23.2 Å². The highest BCUT2D eigenvalue weighted by molar-refractivity contribution is 6.36. The second-order valence-electron chi connectivity index (χ2n) is 7.40. The van der Waals surface area contributed by atoms with Crippen LogP contribution >= 0.6 is 23.2 Å². The number of hydrogen-bond donors (Lipinski definition) is 0. The van der Waals surface area contributed by atoms with Crippen LogP contribution in [0.25, 0.3) is 0 Å². The summed E-state index contributed by atoms with van der Waals surface area (Å²) >= 11 is 12.3. The van der Waals surface area contributed by atoms with Crippen molar-refractivity contribution in [2.24, 2.45) is 5.92 Å². The molecule has 7 heteroatoms. The zero-order valence-corrected chi connectivity index (χ0v) is 16.2. The molecular weight excluding hydrogens is 373 g/mol. The summed E-state index contributed by atoms with van der Waals surface area (Å²) in [6.07, 6.45) is 4.16. The zero-order valence-electron chi connectivity index (χ0n) is 14.7. The van der Waals surface area contributed by atoms with E-state index < -0.39 is 5.92 Å². The summed E-state index contributed by atoms with van der Waals surface area (Å²) in [5.74, 6) is -0.786. The fourth-order valence-corrected chi connectivity index (χ4v) is 4.80. The van der Waals surface area contributed by atoms with E-state index in [0.717, 1.165) is 32.6 Å². The van der Waals surface area contributed by atoms with Gasteiger partial charge in [-0.3, -0.25) is 14.5 Å². The van der Waals surface area contributed by atoms with Gasteiger partial charge in [0.15, 0.2) is 0 Å². The molecule has 0 N–H and O–H groups in total. The van der Waals surface area contributed by atoms with Gasteiger partial charge in [0, 0.05) is 37.2 Å². The van der Waals surface area contributed by atoms with Crippen LogP contribution in [0.5, 0.6) is 0 Å². The standard InChI is InChI=1S/C19H23Cl2N3O2/c20-13-4-5-16(21)17(11-13)24-8-6-15(19(24)26)18(25)23-10-9-22-7-2-1-3-14(22)12-23/h4-5,11,14-15H,1-3,6-10,12H2/t14-,15+/m0/s1. The van der Waals surface area contributed by atoms with E-state index >= 15 is 0 Å². The van der Waals surface area contributed by atoms with Gasteiger partial charge in [-0.1, -0.05) is 29.6 Å². The summed E-state index contributed by atoms with van der Waals surface area (Å²) in [6.45, 7) is 4.02. The van der Waals surface area contributed by atoms with E-state index in [1.165, 1.54) is 12.8 Å². The van der Waals surface area contributed by atoms with E-state index in [0.29, 0.717) is 34.7 Å². The molecule has 5 nitrogen and oxygen atoms in total. The number of amides is 2. The largest absolute Gasteiger partial charge is 0.339 e. The van der Waals surface area contributed by atoms with Gasteiger partial charge >= 0.3 is 0 Å². The Morgan fingerprint density at radius 1 is 1.04 bits per heavy atom. The number of piperazine rings is 1. The molecule has 0 aliphatic carbocycles. The first-order chi connectivity index (χ1) is 12.5. The first-order valence-corrected chi connectivity index (χ1v) is 10.1. The Hall–Kier alpha value is -1.30. The first-order valence-electron chi connectivity index (χ1n) is 9.34. The van der Waals surface area contributed by atoms with Gasteiger partial charge in [0.1, 0.15) is 5.92 Å². The summed E-state index contributed by atoms with van der Waals surface area (Å²) in [4.78, 5) is 31.9. The van der Waals surface area contributed by atoms with E-state index in [-0.39, 0.29) is 11.8 Å². The third-order valence-electron chi connectivity index (χ3n) is 5.85. The molecule has 4 rings (SSSR count). The number of benzene rings is 1. The molecule has 3 fully saturated rings. The summed E-state index contributed by atoms with van der Waals surface area (Å²) < 4.78 is 0. The maximum absolute atomic E-state index is 13.0. The lowest BCUT2D eigenvalue weighted by atomic mass is 9.98. The Kier molecular flexibility index (Phi) is 5.13. The molecule has 0 spiro atoms. The van der Waals surface area contributed by atoms with Crippen molar-refractivity contribution in [3.8, 4) is 0 Å². The SMILES string of the molecule is O=C([C@H]1CCN(c2cc(Cl)ccc2Cl)C1=O)N1CCN2CCCC[C@H]2C1. The van der Waals surface area contributed by atoms with E-state index in [1.807, 2.05) is 4.90 Å². The van der Waals surface area contributed by atoms with Crippen molar-refractivity contribution < 1.29 is 9.59 Å². The molecule has 26 heavy (non-hydrogen) atoms. The average molecular weight is 396 g/mol. The lowest BCUT2D eigenvalue weighted by Crippen LogP contribution is -2.57. The van der Waals surface area contributed by atoms with Crippen LogP contribution < -0.4 is 4.90 Å². The molecule has 2 atom stereocenters. The average Bonchev–Trinajstić information content (AvgIpc) is 3.04. The van der Waals surface area contributed by atoms with E-state index in [1.54, 1.807) is 23.1 Å². The van der Waals surface area contributed by atoms with E-state index in [2.05, 4.69) is 4.90 Å². The van der Waals surface area contributed by atoms with Gasteiger partial charge in [0.2, 0.25) is 11.8 Å². The number of carbonyl (C=O) groups is 2. The number of hydrogen-bond acceptors (Lipinski definition) is 3. The van der Waals surface area contributed by atoms with Gasteiger partial charge in [-0.15, -0.1) is 0 Å². The van der Waals surface area contributed by atoms with Crippen LogP contribution in [0.1, 0.15) is 25.7 Å². The Morgan fingerprint density at radius 2 is 1.88 bits per heavy atom. The Morgan fingerprint density at radius 3 is 2.73 bits per heavy atom. The van der Waals surface area contributed by atoms with Gasteiger partial charge in [0.05, 0.1) is 10.7 Å². The van der Waals surface area contributed by atoms with Crippen LogP contribution in [0.15, 0.2) is 18.2 Å². The van der Waals surface area contributed by atoms with Crippen molar-refractivity contribution in [3.05, 3.63) is 28.2 Å². The van der Waals surface area contributed by atoms with Crippen molar-refractivity contribution >= 4 is 40.7 Å². The van der Waals surface area contributed by atoms with Crippen LogP contribution in [0.3, 0.4) is 0 Å². The summed E-state index contributed by atoms with van der Waals surface area (Å²) in [7, 11) is 0. The summed E-state index contributed by atoms with van der Waals surface area (Å²) in [5.41, 5.74) is 0.594. The van der Waals surface area contributed by atoms with E-state index in [9.17, 15) is 9.59 Å². The lowest BCUT2D eigenvalue weighted by molar-refractivity contribution is -0.142. The molecule has 0 unspecified atom stereocenters.